The van der Waals surface area contributed by atoms with Crippen LogP contribution in [0.15, 0.2) is 115 Å². The first kappa shape index (κ1) is 37.7. The number of hydrogen-bond acceptors (Lipinski definition) is 0. The average molecular weight is 779 g/mol. The molecule has 2 heterocycles. The van der Waals surface area contributed by atoms with Crippen molar-refractivity contribution in [3.05, 3.63) is 121 Å². The van der Waals surface area contributed by atoms with E-state index in [1.165, 1.54) is 132 Å². The zero-order valence-electron chi connectivity index (χ0n) is 36.5. The number of nitrogens with zero attached hydrogens (tertiary/aromatic N) is 2. The predicted octanol–water partition coefficient (Wildman–Crippen LogP) is 16.1. The van der Waals surface area contributed by atoms with Gasteiger partial charge in [-0.15, -0.1) is 0 Å². The minimum atomic E-state index is 0.521. The van der Waals surface area contributed by atoms with Crippen molar-refractivity contribution in [3.8, 4) is 11.4 Å². The first-order valence-corrected chi connectivity index (χ1v) is 23.9. The van der Waals surface area contributed by atoms with Crippen molar-refractivity contribution in [1.82, 2.24) is 9.13 Å². The van der Waals surface area contributed by atoms with Gasteiger partial charge >= 0.3 is 0 Å². The van der Waals surface area contributed by atoms with E-state index in [0.29, 0.717) is 16.7 Å². The van der Waals surface area contributed by atoms with Crippen LogP contribution in [0.1, 0.15) is 123 Å². The third-order valence-electron chi connectivity index (χ3n) is 18.0. The molecule has 4 aliphatic carbocycles. The maximum atomic E-state index is 2.77. The lowest BCUT2D eigenvalue weighted by molar-refractivity contribution is -0.117. The van der Waals surface area contributed by atoms with E-state index in [9.17, 15) is 0 Å². The summed E-state index contributed by atoms with van der Waals surface area (Å²) in [6.07, 6.45) is 17.4. The van der Waals surface area contributed by atoms with Crippen molar-refractivity contribution >= 4 is 43.6 Å². The molecule has 0 bridgehead atoms. The van der Waals surface area contributed by atoms with E-state index in [1.54, 1.807) is 5.56 Å². The lowest BCUT2D eigenvalue weighted by Gasteiger charge is -2.61. The zero-order chi connectivity index (χ0) is 40.0. The van der Waals surface area contributed by atoms with Crippen LogP contribution in [0, 0.1) is 52.3 Å². The third kappa shape index (κ3) is 5.85. The van der Waals surface area contributed by atoms with Gasteiger partial charge in [0.2, 0.25) is 0 Å². The van der Waals surface area contributed by atoms with Gasteiger partial charge in [-0.1, -0.05) is 133 Å². The van der Waals surface area contributed by atoms with Crippen LogP contribution in [0.4, 0.5) is 0 Å². The molecule has 304 valence electrons. The van der Waals surface area contributed by atoms with Crippen LogP contribution >= 0.6 is 0 Å². The number of rotatable bonds is 8. The first-order valence-electron chi connectivity index (χ1n) is 23.9. The molecule has 0 N–H and O–H groups in total. The third-order valence-corrected chi connectivity index (χ3v) is 18.0. The fourth-order valence-electron chi connectivity index (χ4n) is 15.1. The Balaban J connectivity index is 0.888. The zero-order valence-corrected chi connectivity index (χ0v) is 36.5. The summed E-state index contributed by atoms with van der Waals surface area (Å²) in [6.45, 7) is 13.0. The van der Waals surface area contributed by atoms with Gasteiger partial charge < -0.3 is 9.13 Å². The molecule has 4 saturated carbocycles. The summed E-state index contributed by atoms with van der Waals surface area (Å²) < 4.78 is 5.06. The molecular weight excluding hydrogens is 713 g/mol. The molecule has 0 saturated heterocycles. The lowest BCUT2D eigenvalue weighted by Crippen LogP contribution is -2.53. The van der Waals surface area contributed by atoms with Crippen LogP contribution in [-0.4, -0.2) is 9.13 Å². The molecule has 59 heavy (non-hydrogen) atoms. The summed E-state index contributed by atoms with van der Waals surface area (Å²) in [5, 5.41) is 5.23. The Morgan fingerprint density at radius 3 is 1.80 bits per heavy atom. The van der Waals surface area contributed by atoms with E-state index in [1.807, 2.05) is 0 Å². The quantitative estimate of drug-likeness (QED) is 0.145. The maximum Gasteiger partial charge on any atom is 0.0788 e. The van der Waals surface area contributed by atoms with E-state index in [2.05, 4.69) is 159 Å². The molecule has 4 fully saturated rings. The Morgan fingerprint density at radius 2 is 1.14 bits per heavy atom. The Bertz CT molecular complexity index is 2640. The van der Waals surface area contributed by atoms with Crippen LogP contribution in [-0.2, 0) is 0 Å². The maximum absolute atomic E-state index is 2.77. The molecule has 7 aromatic rings. The summed E-state index contributed by atoms with van der Waals surface area (Å²) in [4.78, 5) is 0. The molecule has 5 aromatic carbocycles. The van der Waals surface area contributed by atoms with Crippen molar-refractivity contribution < 1.29 is 0 Å². The van der Waals surface area contributed by atoms with Gasteiger partial charge in [-0.3, -0.25) is 0 Å². The van der Waals surface area contributed by atoms with Crippen molar-refractivity contribution in [2.75, 3.05) is 0 Å². The molecule has 4 unspecified atom stereocenters. The molecule has 2 heteroatoms. The smallest absolute Gasteiger partial charge is 0.0788 e. The van der Waals surface area contributed by atoms with Gasteiger partial charge in [-0.25, -0.2) is 0 Å². The Labute approximate surface area is 353 Å². The Morgan fingerprint density at radius 1 is 0.542 bits per heavy atom. The Hall–Kier alpha value is -4.30. The fraction of sp³-hybridized carbons (Fsp3) is 0.474. The number of benzene rings is 5. The highest BCUT2D eigenvalue weighted by molar-refractivity contribution is 6.23. The SMILES string of the molecule is CC(C)CCC[C@@H](C)[C@H]1CCC2[C@@H]3CCC4CC(c5ccc(-n6c7ccccc7c7ccc8c9ccccc9n(-c9ccccc9)c8c76)cc5)CC[C@]4(C)C3CC[C@@]21C. The van der Waals surface area contributed by atoms with Gasteiger partial charge in [0.1, 0.15) is 0 Å². The molecule has 0 radical (unpaired) electrons. The van der Waals surface area contributed by atoms with E-state index < -0.39 is 0 Å². The molecule has 9 atom stereocenters. The van der Waals surface area contributed by atoms with Gasteiger partial charge in [0.05, 0.1) is 22.1 Å². The molecule has 0 spiro atoms. The summed E-state index contributed by atoms with van der Waals surface area (Å²) in [6, 6.07) is 43.5. The average Bonchev–Trinajstić information content (AvgIpc) is 3.91. The van der Waals surface area contributed by atoms with Gasteiger partial charge in [-0.05, 0) is 158 Å². The topological polar surface area (TPSA) is 9.86 Å². The molecule has 0 aliphatic heterocycles. The van der Waals surface area contributed by atoms with Crippen LogP contribution in [0.5, 0.6) is 0 Å². The highest BCUT2D eigenvalue weighted by Crippen LogP contribution is 2.69. The number of aromatic nitrogens is 2. The molecule has 11 rings (SSSR count). The highest BCUT2D eigenvalue weighted by Gasteiger charge is 2.60. The van der Waals surface area contributed by atoms with Crippen LogP contribution in [0.25, 0.3) is 55.0 Å². The monoisotopic (exact) mass is 779 g/mol. The molecule has 4 aliphatic rings. The van der Waals surface area contributed by atoms with Crippen molar-refractivity contribution in [2.45, 2.75) is 118 Å². The number of hydrogen-bond donors (Lipinski definition) is 0. The lowest BCUT2D eigenvalue weighted by atomic mass is 9.43. The van der Waals surface area contributed by atoms with Crippen molar-refractivity contribution in [3.63, 3.8) is 0 Å². The van der Waals surface area contributed by atoms with Crippen LogP contribution in [0.2, 0.25) is 0 Å². The predicted molar refractivity (Wildman–Crippen MR) is 251 cm³/mol. The molecular formula is C57H66N2. The van der Waals surface area contributed by atoms with Crippen molar-refractivity contribution in [2.24, 2.45) is 52.3 Å². The number of fused-ring (bicyclic) bond motifs is 12. The standard InChI is InChI=1S/C57H66N2/c1-37(2)14-13-15-38(3)49-30-31-50-48-27-24-41-36-40(32-34-56(41,4)51(48)33-35-57(49,50)5)39-22-25-43(26-23-39)59-53-21-12-10-19-45(53)47-29-28-46-44-18-9-11-20-52(44)58(54(46)55(47)59)42-16-7-6-8-17-42/h6-12,16-23,25-26,28-29,37-38,40-41,48-51H,13-15,24,27,30-36H2,1-5H3/t38-,40?,41?,48+,49-,50?,51?,56+,57-/m1/s1. The van der Waals surface area contributed by atoms with Gasteiger partial charge in [-0.2, -0.15) is 0 Å². The van der Waals surface area contributed by atoms with Gasteiger partial charge in [0, 0.05) is 32.9 Å². The fourth-order valence-corrected chi connectivity index (χ4v) is 15.1. The van der Waals surface area contributed by atoms with Gasteiger partial charge in [0.25, 0.3) is 0 Å². The van der Waals surface area contributed by atoms with Crippen molar-refractivity contribution in [1.29, 1.82) is 0 Å². The summed E-state index contributed by atoms with van der Waals surface area (Å²) in [5.74, 6) is 7.10. The second kappa shape index (κ2) is 14.4. The summed E-state index contributed by atoms with van der Waals surface area (Å²) in [5.41, 5.74) is 10.2. The molecule has 2 aromatic heterocycles. The molecule has 0 amide bonds. The normalized spacial score (nSPS) is 29.9. The van der Waals surface area contributed by atoms with E-state index in [-0.39, 0.29) is 0 Å². The summed E-state index contributed by atoms with van der Waals surface area (Å²) >= 11 is 0. The van der Waals surface area contributed by atoms with E-state index in [0.717, 1.165) is 41.4 Å². The van der Waals surface area contributed by atoms with Crippen LogP contribution < -0.4 is 0 Å². The first-order chi connectivity index (χ1) is 28.7. The minimum absolute atomic E-state index is 0.521. The largest absolute Gasteiger partial charge is 0.307 e. The highest BCUT2D eigenvalue weighted by atomic mass is 15.0. The second-order valence-corrected chi connectivity index (χ2v) is 21.1. The van der Waals surface area contributed by atoms with Gasteiger partial charge in [0.15, 0.2) is 0 Å². The number of para-hydroxylation sites is 3. The van der Waals surface area contributed by atoms with Crippen LogP contribution in [0.3, 0.4) is 0 Å². The molecule has 2 nitrogen and oxygen atoms in total. The minimum Gasteiger partial charge on any atom is -0.307 e. The second-order valence-electron chi connectivity index (χ2n) is 21.1. The summed E-state index contributed by atoms with van der Waals surface area (Å²) in [7, 11) is 0. The van der Waals surface area contributed by atoms with E-state index in [4.69, 9.17) is 0 Å². The van der Waals surface area contributed by atoms with E-state index >= 15 is 0 Å². The Kier molecular flexibility index (Phi) is 9.21.